The first-order valence-electron chi connectivity index (χ1n) is 8.61. The van der Waals surface area contributed by atoms with E-state index in [1.165, 1.54) is 10.7 Å². The minimum Gasteiger partial charge on any atom is -0.318 e. The molecular formula is C18H12N8O3. The van der Waals surface area contributed by atoms with Gasteiger partial charge in [0.05, 0.1) is 16.2 Å². The first-order chi connectivity index (χ1) is 14.1. The summed E-state index contributed by atoms with van der Waals surface area (Å²) >= 11 is 0. The molecule has 0 spiro atoms. The highest BCUT2D eigenvalue weighted by atomic mass is 16.6. The van der Waals surface area contributed by atoms with Gasteiger partial charge in [-0.1, -0.05) is 47.6 Å². The van der Waals surface area contributed by atoms with Crippen molar-refractivity contribution in [3.8, 4) is 11.3 Å². The van der Waals surface area contributed by atoms with Gasteiger partial charge in [-0.15, -0.1) is 0 Å². The van der Waals surface area contributed by atoms with Gasteiger partial charge in [0.15, 0.2) is 0 Å². The molecule has 2 N–H and O–H groups in total. The van der Waals surface area contributed by atoms with Gasteiger partial charge >= 0.3 is 0 Å². The number of nitro groups is 1. The van der Waals surface area contributed by atoms with Gasteiger partial charge in [-0.3, -0.25) is 14.9 Å². The van der Waals surface area contributed by atoms with E-state index in [9.17, 15) is 14.9 Å². The maximum atomic E-state index is 12.6. The third-order valence-corrected chi connectivity index (χ3v) is 4.74. The van der Waals surface area contributed by atoms with Crippen molar-refractivity contribution < 1.29 is 4.92 Å². The number of fused-ring (bicyclic) bond motifs is 2. The molecule has 1 aliphatic rings. The van der Waals surface area contributed by atoms with E-state index >= 15 is 0 Å². The predicted molar refractivity (Wildman–Crippen MR) is 102 cm³/mol. The maximum absolute atomic E-state index is 12.6. The van der Waals surface area contributed by atoms with Gasteiger partial charge in [-0.25, -0.2) is 5.10 Å². The Morgan fingerprint density at radius 2 is 1.83 bits per heavy atom. The molecule has 0 unspecified atom stereocenters. The van der Waals surface area contributed by atoms with E-state index in [4.69, 9.17) is 0 Å². The highest BCUT2D eigenvalue weighted by molar-refractivity contribution is 5.76. The SMILES string of the molecule is O=c1[nH]nc(-c2ccccc2)c2c1Nc1nnnn1[C@H]2c1ccccc1[N+](=O)[O-]. The fourth-order valence-electron chi connectivity index (χ4n) is 3.53. The van der Waals surface area contributed by atoms with Crippen molar-refractivity contribution in [2.24, 2.45) is 0 Å². The van der Waals surface area contributed by atoms with Gasteiger partial charge in [-0.2, -0.15) is 9.78 Å². The molecule has 0 aliphatic carbocycles. The van der Waals surface area contributed by atoms with E-state index in [-0.39, 0.29) is 17.3 Å². The Bertz CT molecular complexity index is 1300. The van der Waals surface area contributed by atoms with Crippen molar-refractivity contribution in [1.29, 1.82) is 0 Å². The van der Waals surface area contributed by atoms with Crippen LogP contribution in [0.2, 0.25) is 0 Å². The molecule has 0 fully saturated rings. The summed E-state index contributed by atoms with van der Waals surface area (Å²) in [4.78, 5) is 23.8. The molecule has 5 rings (SSSR count). The number of aromatic nitrogens is 6. The molecular weight excluding hydrogens is 376 g/mol. The van der Waals surface area contributed by atoms with Gasteiger partial charge in [0, 0.05) is 17.2 Å². The number of H-pyrrole nitrogens is 1. The number of nitro benzene ring substituents is 1. The zero-order chi connectivity index (χ0) is 20.0. The number of para-hydroxylation sites is 1. The molecule has 0 saturated carbocycles. The molecule has 0 bridgehead atoms. The maximum Gasteiger partial charge on any atom is 0.288 e. The van der Waals surface area contributed by atoms with E-state index in [0.717, 1.165) is 5.56 Å². The number of aromatic amines is 1. The normalized spacial score (nSPS) is 14.6. The molecule has 0 saturated heterocycles. The number of hydrogen-bond donors (Lipinski definition) is 2. The van der Waals surface area contributed by atoms with Gasteiger partial charge in [-0.05, 0) is 16.5 Å². The van der Waals surface area contributed by atoms with Crippen LogP contribution in [0, 0.1) is 10.1 Å². The van der Waals surface area contributed by atoms with Crippen LogP contribution in [0.3, 0.4) is 0 Å². The minimum absolute atomic E-state index is 0.105. The fraction of sp³-hybridized carbons (Fsp3) is 0.0556. The molecule has 3 heterocycles. The quantitative estimate of drug-likeness (QED) is 0.353. The molecule has 11 heteroatoms. The zero-order valence-corrected chi connectivity index (χ0v) is 14.7. The number of nitrogens with zero attached hydrogens (tertiary/aromatic N) is 6. The lowest BCUT2D eigenvalue weighted by Gasteiger charge is -2.27. The van der Waals surface area contributed by atoms with Crippen LogP contribution in [0.5, 0.6) is 0 Å². The van der Waals surface area contributed by atoms with Crippen LogP contribution in [-0.2, 0) is 0 Å². The first kappa shape index (κ1) is 16.7. The van der Waals surface area contributed by atoms with E-state index in [0.29, 0.717) is 16.8 Å². The lowest BCUT2D eigenvalue weighted by atomic mass is 9.91. The molecule has 2 aromatic carbocycles. The molecule has 29 heavy (non-hydrogen) atoms. The van der Waals surface area contributed by atoms with Crippen molar-refractivity contribution in [1.82, 2.24) is 30.4 Å². The lowest BCUT2D eigenvalue weighted by Crippen LogP contribution is -2.29. The van der Waals surface area contributed by atoms with E-state index in [2.05, 4.69) is 31.0 Å². The Balaban J connectivity index is 1.87. The van der Waals surface area contributed by atoms with Crippen molar-refractivity contribution >= 4 is 17.3 Å². The van der Waals surface area contributed by atoms with Crippen LogP contribution in [0.25, 0.3) is 11.3 Å². The van der Waals surface area contributed by atoms with Crippen LogP contribution >= 0.6 is 0 Å². The second-order valence-electron chi connectivity index (χ2n) is 6.35. The smallest absolute Gasteiger partial charge is 0.288 e. The molecule has 0 radical (unpaired) electrons. The summed E-state index contributed by atoms with van der Waals surface area (Å²) in [5.74, 6) is 0.205. The highest BCUT2D eigenvalue weighted by Crippen LogP contribution is 2.43. The van der Waals surface area contributed by atoms with E-state index < -0.39 is 16.5 Å². The Hall–Kier alpha value is -4.41. The number of nitrogens with one attached hydrogen (secondary N) is 2. The van der Waals surface area contributed by atoms with Crippen LogP contribution in [0.1, 0.15) is 17.2 Å². The Labute approximate surface area is 162 Å². The number of hydrogen-bond acceptors (Lipinski definition) is 8. The van der Waals surface area contributed by atoms with Crippen LogP contribution in [0.4, 0.5) is 17.3 Å². The average molecular weight is 388 g/mol. The van der Waals surface area contributed by atoms with Crippen LogP contribution < -0.4 is 10.9 Å². The standard InChI is InChI=1S/C18H12N8O3/c27-17-15-13(14(20-21-17)10-6-2-1-3-7-10)16(25-18(19-15)22-23-24-25)11-8-4-5-9-12(11)26(28)29/h1-9,16H,(H,21,27)(H,19,22,24)/t16-/m0/s1. The molecule has 1 aliphatic heterocycles. The van der Waals surface area contributed by atoms with Crippen molar-refractivity contribution in [2.75, 3.05) is 5.32 Å². The van der Waals surface area contributed by atoms with E-state index in [1.54, 1.807) is 18.2 Å². The summed E-state index contributed by atoms with van der Waals surface area (Å²) < 4.78 is 1.41. The third-order valence-electron chi connectivity index (χ3n) is 4.74. The zero-order valence-electron chi connectivity index (χ0n) is 14.7. The topological polar surface area (TPSA) is 145 Å². The van der Waals surface area contributed by atoms with Gasteiger partial charge < -0.3 is 5.32 Å². The minimum atomic E-state index is -0.817. The summed E-state index contributed by atoms with van der Waals surface area (Å²) in [5, 5.41) is 32.9. The van der Waals surface area contributed by atoms with Crippen molar-refractivity contribution in [3.05, 3.63) is 86.2 Å². The van der Waals surface area contributed by atoms with Gasteiger partial charge in [0.2, 0.25) is 5.95 Å². The van der Waals surface area contributed by atoms with Gasteiger partial charge in [0.25, 0.3) is 11.2 Å². The van der Waals surface area contributed by atoms with Crippen molar-refractivity contribution in [2.45, 2.75) is 6.04 Å². The molecule has 11 nitrogen and oxygen atoms in total. The molecule has 142 valence electrons. The largest absolute Gasteiger partial charge is 0.318 e. The summed E-state index contributed by atoms with van der Waals surface area (Å²) in [7, 11) is 0. The van der Waals surface area contributed by atoms with Crippen LogP contribution in [0.15, 0.2) is 59.4 Å². The summed E-state index contributed by atoms with van der Waals surface area (Å²) in [5.41, 5.74) is 1.62. The molecule has 1 atom stereocenters. The third kappa shape index (κ3) is 2.56. The number of tetrazole rings is 1. The second-order valence-corrected chi connectivity index (χ2v) is 6.35. The Morgan fingerprint density at radius 1 is 1.07 bits per heavy atom. The molecule has 2 aromatic heterocycles. The summed E-state index contributed by atoms with van der Waals surface area (Å²) in [6, 6.07) is 14.7. The molecule has 4 aromatic rings. The number of benzene rings is 2. The monoisotopic (exact) mass is 388 g/mol. The number of anilines is 2. The highest BCUT2D eigenvalue weighted by Gasteiger charge is 2.37. The summed E-state index contributed by atoms with van der Waals surface area (Å²) in [6.07, 6.45) is 0. The Morgan fingerprint density at radius 3 is 2.62 bits per heavy atom. The van der Waals surface area contributed by atoms with Gasteiger partial charge in [0.1, 0.15) is 11.7 Å². The Kier molecular flexibility index (Phi) is 3.66. The first-order valence-corrected chi connectivity index (χ1v) is 8.61. The van der Waals surface area contributed by atoms with Crippen molar-refractivity contribution in [3.63, 3.8) is 0 Å². The molecule has 0 amide bonds. The summed E-state index contributed by atoms with van der Waals surface area (Å²) in [6.45, 7) is 0. The van der Waals surface area contributed by atoms with E-state index in [1.807, 2.05) is 30.3 Å². The fourth-order valence-corrected chi connectivity index (χ4v) is 3.53. The van der Waals surface area contributed by atoms with Crippen LogP contribution in [-0.4, -0.2) is 35.3 Å². The number of rotatable bonds is 3. The predicted octanol–water partition coefficient (Wildman–Crippen LogP) is 2.03. The average Bonchev–Trinajstić information content (AvgIpc) is 3.22. The lowest BCUT2D eigenvalue weighted by molar-refractivity contribution is -0.385. The second kappa shape index (κ2) is 6.34.